The van der Waals surface area contributed by atoms with E-state index in [0.29, 0.717) is 12.8 Å². The second-order valence-electron chi connectivity index (χ2n) is 10.4. The third-order valence-electron chi connectivity index (χ3n) is 7.71. The molecule has 2 aromatic rings. The number of alkyl halides is 1. The second kappa shape index (κ2) is 10.2. The van der Waals surface area contributed by atoms with Crippen LogP contribution in [0.3, 0.4) is 0 Å². The number of amides is 2. The maximum Gasteiger partial charge on any atom is 0.310 e. The van der Waals surface area contributed by atoms with Gasteiger partial charge in [-0.1, -0.05) is 47.1 Å². The lowest BCUT2D eigenvalue weighted by Crippen LogP contribution is -2.57. The zero-order valence-electron chi connectivity index (χ0n) is 21.0. The normalized spacial score (nSPS) is 31.2. The number of nitrogens with zero attached hydrogens (tertiary/aromatic N) is 4. The highest BCUT2D eigenvalue weighted by Gasteiger charge is 2.76. The number of aliphatic hydroxyl groups is 1. The van der Waals surface area contributed by atoms with Crippen molar-refractivity contribution in [2.45, 2.75) is 67.2 Å². The molecule has 3 aliphatic heterocycles. The minimum atomic E-state index is -0.842. The molecule has 200 valence electrons. The van der Waals surface area contributed by atoms with Gasteiger partial charge in [-0.2, -0.15) is 0 Å². The fourth-order valence-electron chi connectivity index (χ4n) is 6.37. The Morgan fingerprint density at radius 2 is 2.11 bits per heavy atom. The van der Waals surface area contributed by atoms with Gasteiger partial charge in [-0.05, 0) is 37.8 Å². The first-order valence-corrected chi connectivity index (χ1v) is 14.5. The molecule has 0 radical (unpaired) electrons. The van der Waals surface area contributed by atoms with Crippen molar-refractivity contribution >= 4 is 56.5 Å². The number of nitrogens with one attached hydrogen (secondary N) is 1. The molecular weight excluding hydrogens is 562 g/mol. The summed E-state index contributed by atoms with van der Waals surface area (Å²) in [5.41, 5.74) is 1.50. The maximum atomic E-state index is 14.1. The van der Waals surface area contributed by atoms with Crippen LogP contribution in [0.15, 0.2) is 24.3 Å². The Labute approximate surface area is 228 Å². The summed E-state index contributed by atoms with van der Waals surface area (Å²) >= 11 is 5.28. The van der Waals surface area contributed by atoms with Crippen LogP contribution in [0.5, 0.6) is 0 Å². The average Bonchev–Trinajstić information content (AvgIpc) is 3.58. The number of carbonyl (C=O) groups is 3. The number of ether oxygens (including phenoxy) is 1. The number of para-hydroxylation sites is 1. The molecule has 4 heterocycles. The molecule has 37 heavy (non-hydrogen) atoms. The van der Waals surface area contributed by atoms with E-state index in [4.69, 9.17) is 4.74 Å². The van der Waals surface area contributed by atoms with Crippen molar-refractivity contribution in [2.75, 3.05) is 13.2 Å². The van der Waals surface area contributed by atoms with Crippen LogP contribution in [0, 0.1) is 17.8 Å². The van der Waals surface area contributed by atoms with E-state index in [-0.39, 0.29) is 47.7 Å². The third-order valence-corrected chi connectivity index (χ3v) is 10.9. The smallest absolute Gasteiger partial charge is 0.310 e. The SMILES string of the molecule is CCOC(=O)[C@H]1[C@@H]2SC3(CC2Br)C(C(=O)NCn2nnc4ccccc42)N([C@@H](CO)CC(C)C)C(=O)[C@H]13. The molecule has 3 fully saturated rings. The quantitative estimate of drug-likeness (QED) is 0.333. The molecule has 0 saturated carbocycles. The average molecular weight is 595 g/mol. The Bertz CT molecular complexity index is 1210. The van der Waals surface area contributed by atoms with E-state index < -0.39 is 34.6 Å². The summed E-state index contributed by atoms with van der Waals surface area (Å²) in [5, 5.41) is 21.5. The third kappa shape index (κ3) is 4.24. The molecule has 1 aromatic carbocycles. The minimum absolute atomic E-state index is 0.0388. The van der Waals surface area contributed by atoms with Crippen LogP contribution in [0.1, 0.15) is 33.6 Å². The van der Waals surface area contributed by atoms with Crippen LogP contribution in [0.25, 0.3) is 11.0 Å². The van der Waals surface area contributed by atoms with Gasteiger partial charge in [-0.3, -0.25) is 14.4 Å². The number of hydrogen-bond donors (Lipinski definition) is 2. The minimum Gasteiger partial charge on any atom is -0.466 e. The Hall–Kier alpha value is -2.18. The van der Waals surface area contributed by atoms with Gasteiger partial charge in [0, 0.05) is 10.1 Å². The van der Waals surface area contributed by atoms with Crippen molar-refractivity contribution < 1.29 is 24.2 Å². The Balaban J connectivity index is 1.50. The Morgan fingerprint density at radius 3 is 2.81 bits per heavy atom. The number of fused-ring (bicyclic) bond motifs is 2. The molecular formula is C25H32BrN5O5S. The largest absolute Gasteiger partial charge is 0.466 e. The van der Waals surface area contributed by atoms with Crippen molar-refractivity contribution in [1.82, 2.24) is 25.2 Å². The zero-order chi connectivity index (χ0) is 26.5. The van der Waals surface area contributed by atoms with Crippen LogP contribution in [0.2, 0.25) is 0 Å². The number of rotatable bonds is 9. The molecule has 10 nitrogen and oxygen atoms in total. The lowest BCUT2D eigenvalue weighted by Gasteiger charge is -2.37. The van der Waals surface area contributed by atoms with E-state index >= 15 is 0 Å². The predicted molar refractivity (Wildman–Crippen MR) is 142 cm³/mol. The lowest BCUT2D eigenvalue weighted by molar-refractivity contribution is -0.154. The molecule has 2 amide bonds. The number of thioether (sulfide) groups is 1. The number of esters is 1. The van der Waals surface area contributed by atoms with Crippen LogP contribution in [-0.2, 0) is 25.8 Å². The number of aromatic nitrogens is 3. The summed E-state index contributed by atoms with van der Waals surface area (Å²) < 4.78 is 6.19. The standard InChI is InChI=1S/C25H32BrN5O5S/c1-4-36-24(35)18-19-23(34)31(14(11-32)9-13(2)3)21(25(19)10-15(26)20(18)37-25)22(33)27-12-30-17-8-6-5-7-16(17)28-29-30/h5-8,13-15,18-21,32H,4,9-12H2,1-3H3,(H,27,33)/t14-,15?,18-,19+,20-,21?,25?/m1/s1. The van der Waals surface area contributed by atoms with E-state index in [1.54, 1.807) is 28.3 Å². The second-order valence-corrected chi connectivity index (χ2v) is 13.1. The first kappa shape index (κ1) is 26.4. The number of carbonyl (C=O) groups excluding carboxylic acids is 3. The van der Waals surface area contributed by atoms with Gasteiger partial charge in [0.25, 0.3) is 0 Å². The molecule has 1 aromatic heterocycles. The first-order chi connectivity index (χ1) is 17.7. The van der Waals surface area contributed by atoms with Gasteiger partial charge in [0.15, 0.2) is 0 Å². The summed E-state index contributed by atoms with van der Waals surface area (Å²) in [7, 11) is 0. The molecule has 7 atom stereocenters. The maximum absolute atomic E-state index is 14.1. The molecule has 12 heteroatoms. The molecule has 2 N–H and O–H groups in total. The molecule has 1 spiro atoms. The highest BCUT2D eigenvalue weighted by Crippen LogP contribution is 2.68. The van der Waals surface area contributed by atoms with Gasteiger partial charge in [0.1, 0.15) is 18.2 Å². The Kier molecular flexibility index (Phi) is 7.27. The highest BCUT2D eigenvalue weighted by atomic mass is 79.9. The van der Waals surface area contributed by atoms with Gasteiger partial charge in [-0.25, -0.2) is 4.68 Å². The molecule has 3 unspecified atom stereocenters. The van der Waals surface area contributed by atoms with Crippen LogP contribution in [0.4, 0.5) is 0 Å². The van der Waals surface area contributed by atoms with E-state index in [1.165, 1.54) is 0 Å². The molecule has 3 aliphatic rings. The number of aliphatic hydroxyl groups excluding tert-OH is 1. The van der Waals surface area contributed by atoms with Gasteiger partial charge in [-0.15, -0.1) is 16.9 Å². The van der Waals surface area contributed by atoms with Crippen molar-refractivity contribution in [2.24, 2.45) is 17.8 Å². The molecule has 3 saturated heterocycles. The summed E-state index contributed by atoms with van der Waals surface area (Å²) in [5.74, 6) is -2.10. The number of hydrogen-bond acceptors (Lipinski definition) is 8. The van der Waals surface area contributed by atoms with E-state index in [2.05, 4.69) is 31.6 Å². The lowest BCUT2D eigenvalue weighted by atomic mass is 9.71. The van der Waals surface area contributed by atoms with Crippen molar-refractivity contribution in [3.63, 3.8) is 0 Å². The number of benzene rings is 1. The summed E-state index contributed by atoms with van der Waals surface area (Å²) in [4.78, 5) is 42.7. The van der Waals surface area contributed by atoms with Crippen molar-refractivity contribution in [3.8, 4) is 0 Å². The summed E-state index contributed by atoms with van der Waals surface area (Å²) in [6, 6.07) is 6.09. The Morgan fingerprint density at radius 1 is 1.35 bits per heavy atom. The first-order valence-electron chi connectivity index (χ1n) is 12.7. The van der Waals surface area contributed by atoms with Gasteiger partial charge in [0.05, 0.1) is 41.4 Å². The summed E-state index contributed by atoms with van der Waals surface area (Å²) in [6.45, 7) is 5.82. The van der Waals surface area contributed by atoms with Gasteiger partial charge in [0.2, 0.25) is 11.8 Å². The predicted octanol–water partition coefficient (Wildman–Crippen LogP) is 1.94. The molecule has 2 bridgehead atoms. The van der Waals surface area contributed by atoms with Crippen LogP contribution in [-0.4, -0.2) is 82.9 Å². The van der Waals surface area contributed by atoms with Gasteiger partial charge >= 0.3 is 5.97 Å². The zero-order valence-corrected chi connectivity index (χ0v) is 23.4. The fraction of sp³-hybridized carbons (Fsp3) is 0.640. The number of halogens is 1. The van der Waals surface area contributed by atoms with Crippen LogP contribution >= 0.6 is 27.7 Å². The van der Waals surface area contributed by atoms with E-state index in [0.717, 1.165) is 11.0 Å². The molecule has 5 rings (SSSR count). The monoisotopic (exact) mass is 593 g/mol. The van der Waals surface area contributed by atoms with Crippen molar-refractivity contribution in [3.05, 3.63) is 24.3 Å². The van der Waals surface area contributed by atoms with E-state index in [9.17, 15) is 19.5 Å². The molecule has 0 aliphatic carbocycles. The fourth-order valence-corrected chi connectivity index (χ4v) is 9.96. The highest BCUT2D eigenvalue weighted by molar-refractivity contribution is 9.09. The topological polar surface area (TPSA) is 127 Å². The van der Waals surface area contributed by atoms with E-state index in [1.807, 2.05) is 38.1 Å². The summed E-state index contributed by atoms with van der Waals surface area (Å²) in [6.07, 6.45) is 1.10. The number of likely N-dealkylation sites (tertiary alicyclic amines) is 1. The van der Waals surface area contributed by atoms with Crippen molar-refractivity contribution in [1.29, 1.82) is 0 Å². The van der Waals surface area contributed by atoms with Gasteiger partial charge < -0.3 is 20.1 Å². The van der Waals surface area contributed by atoms with Crippen LogP contribution < -0.4 is 5.32 Å².